The van der Waals surface area contributed by atoms with E-state index < -0.39 is 22.5 Å². The number of nitrogens with zero attached hydrogens (tertiary/aromatic N) is 1. The van der Waals surface area contributed by atoms with Crippen molar-refractivity contribution in [3.05, 3.63) is 88.9 Å². The number of carbonyl (C=O) groups excluding carboxylic acids is 2. The van der Waals surface area contributed by atoms with Gasteiger partial charge in [-0.1, -0.05) is 48.9 Å². The number of carbonyl (C=O) groups is 2. The molecule has 0 spiro atoms. The quantitative estimate of drug-likeness (QED) is 0.449. The molecule has 0 bridgehead atoms. The molecule has 2 amide bonds. The van der Waals surface area contributed by atoms with Crippen molar-refractivity contribution in [3.8, 4) is 0 Å². The molecule has 7 nitrogen and oxygen atoms in total. The van der Waals surface area contributed by atoms with Crippen molar-refractivity contribution in [3.63, 3.8) is 0 Å². The third-order valence-corrected chi connectivity index (χ3v) is 7.04. The maximum atomic E-state index is 13.5. The zero-order valence-corrected chi connectivity index (χ0v) is 20.5. The van der Waals surface area contributed by atoms with Gasteiger partial charge in [0.25, 0.3) is 15.9 Å². The lowest BCUT2D eigenvalue weighted by Crippen LogP contribution is -2.39. The highest BCUT2D eigenvalue weighted by Gasteiger charge is 2.28. The Morgan fingerprint density at radius 1 is 0.971 bits per heavy atom. The summed E-state index contributed by atoms with van der Waals surface area (Å²) < 4.78 is 28.0. The molecule has 0 aliphatic rings. The van der Waals surface area contributed by atoms with Crippen molar-refractivity contribution in [1.82, 2.24) is 5.32 Å². The van der Waals surface area contributed by atoms with Crippen LogP contribution in [0, 0.1) is 6.92 Å². The molecule has 0 atom stereocenters. The number of benzene rings is 3. The molecule has 178 valence electrons. The first-order valence-corrected chi connectivity index (χ1v) is 12.6. The minimum atomic E-state index is -4.07. The SMILES string of the molecule is CCCNC(=O)c1ccccc1NC(=O)CN(c1ccc(Cl)cc1C)S(=O)(=O)c1ccccc1. The van der Waals surface area contributed by atoms with Crippen LogP contribution in [0.25, 0.3) is 0 Å². The Bertz CT molecular complexity index is 1280. The largest absolute Gasteiger partial charge is 0.352 e. The number of rotatable bonds is 9. The van der Waals surface area contributed by atoms with E-state index >= 15 is 0 Å². The van der Waals surface area contributed by atoms with Crippen molar-refractivity contribution in [2.24, 2.45) is 0 Å². The Kier molecular flexibility index (Phi) is 8.31. The number of aryl methyl sites for hydroxylation is 1. The maximum absolute atomic E-state index is 13.5. The predicted octanol–water partition coefficient (Wildman–Crippen LogP) is 4.62. The Hall–Kier alpha value is -3.36. The molecule has 34 heavy (non-hydrogen) atoms. The van der Waals surface area contributed by atoms with Gasteiger partial charge in [-0.3, -0.25) is 13.9 Å². The van der Waals surface area contributed by atoms with Gasteiger partial charge in [0.2, 0.25) is 5.91 Å². The molecule has 3 aromatic rings. The average molecular weight is 500 g/mol. The van der Waals surface area contributed by atoms with Crippen molar-refractivity contribution in [2.45, 2.75) is 25.2 Å². The minimum absolute atomic E-state index is 0.0523. The van der Waals surface area contributed by atoms with E-state index in [-0.39, 0.29) is 10.8 Å². The van der Waals surface area contributed by atoms with Crippen LogP contribution in [0.2, 0.25) is 5.02 Å². The normalized spacial score (nSPS) is 11.0. The first-order valence-electron chi connectivity index (χ1n) is 10.7. The lowest BCUT2D eigenvalue weighted by Gasteiger charge is -2.26. The minimum Gasteiger partial charge on any atom is -0.352 e. The molecule has 3 aromatic carbocycles. The number of hydrogen-bond donors (Lipinski definition) is 2. The van der Waals surface area contributed by atoms with Crippen LogP contribution in [0.1, 0.15) is 29.3 Å². The second-order valence-corrected chi connectivity index (χ2v) is 9.90. The molecular weight excluding hydrogens is 474 g/mol. The van der Waals surface area contributed by atoms with Crippen molar-refractivity contribution in [1.29, 1.82) is 0 Å². The Morgan fingerprint density at radius 2 is 1.65 bits per heavy atom. The molecule has 0 unspecified atom stereocenters. The summed E-state index contributed by atoms with van der Waals surface area (Å²) in [6.07, 6.45) is 0.771. The first-order chi connectivity index (χ1) is 16.2. The van der Waals surface area contributed by atoms with Crippen LogP contribution in [0.4, 0.5) is 11.4 Å². The third kappa shape index (κ3) is 5.95. The Balaban J connectivity index is 1.94. The number of nitrogens with one attached hydrogen (secondary N) is 2. The molecule has 0 aliphatic carbocycles. The molecule has 0 aromatic heterocycles. The van der Waals surface area contributed by atoms with Gasteiger partial charge in [-0.15, -0.1) is 0 Å². The van der Waals surface area contributed by atoms with E-state index in [0.717, 1.165) is 10.7 Å². The van der Waals surface area contributed by atoms with Gasteiger partial charge in [-0.2, -0.15) is 0 Å². The van der Waals surface area contributed by atoms with Crippen LogP contribution in [-0.2, 0) is 14.8 Å². The summed E-state index contributed by atoms with van der Waals surface area (Å²) in [6, 6.07) is 19.2. The number of para-hydroxylation sites is 1. The summed E-state index contributed by atoms with van der Waals surface area (Å²) in [7, 11) is -4.07. The molecule has 0 saturated carbocycles. The highest BCUT2D eigenvalue weighted by Crippen LogP contribution is 2.29. The lowest BCUT2D eigenvalue weighted by atomic mass is 10.1. The molecule has 0 fully saturated rings. The molecule has 2 N–H and O–H groups in total. The third-order valence-electron chi connectivity index (χ3n) is 5.03. The van der Waals surface area contributed by atoms with Gasteiger partial charge in [-0.05, 0) is 61.4 Å². The topological polar surface area (TPSA) is 95.6 Å². The maximum Gasteiger partial charge on any atom is 0.264 e. The highest BCUT2D eigenvalue weighted by molar-refractivity contribution is 7.92. The summed E-state index contributed by atoms with van der Waals surface area (Å²) in [6.45, 7) is 3.67. The molecular formula is C25H26ClN3O4S. The van der Waals surface area contributed by atoms with Gasteiger partial charge >= 0.3 is 0 Å². The molecule has 3 rings (SSSR count). The van der Waals surface area contributed by atoms with Crippen molar-refractivity contribution < 1.29 is 18.0 Å². The summed E-state index contributed by atoms with van der Waals surface area (Å²) in [5, 5.41) is 5.92. The number of halogens is 1. The van der Waals surface area contributed by atoms with E-state index in [1.807, 2.05) is 6.92 Å². The van der Waals surface area contributed by atoms with E-state index in [4.69, 9.17) is 11.6 Å². The number of amides is 2. The van der Waals surface area contributed by atoms with Crippen LogP contribution in [-0.4, -0.2) is 33.3 Å². The van der Waals surface area contributed by atoms with E-state index in [9.17, 15) is 18.0 Å². The van der Waals surface area contributed by atoms with E-state index in [0.29, 0.717) is 34.1 Å². The Morgan fingerprint density at radius 3 is 2.32 bits per heavy atom. The summed E-state index contributed by atoms with van der Waals surface area (Å²) in [5.41, 5.74) is 1.52. The average Bonchev–Trinajstić information content (AvgIpc) is 2.82. The number of hydrogen-bond acceptors (Lipinski definition) is 4. The second-order valence-electron chi connectivity index (χ2n) is 7.61. The monoisotopic (exact) mass is 499 g/mol. The number of sulfonamides is 1. The van der Waals surface area contributed by atoms with E-state index in [1.54, 1.807) is 67.6 Å². The van der Waals surface area contributed by atoms with E-state index in [1.165, 1.54) is 12.1 Å². The van der Waals surface area contributed by atoms with Gasteiger partial charge < -0.3 is 10.6 Å². The smallest absolute Gasteiger partial charge is 0.264 e. The van der Waals surface area contributed by atoms with Crippen molar-refractivity contribution >= 4 is 44.8 Å². The van der Waals surface area contributed by atoms with Gasteiger partial charge in [0.15, 0.2) is 0 Å². The Labute approximate surface area is 204 Å². The summed E-state index contributed by atoms with van der Waals surface area (Å²) in [5.74, 6) is -0.912. The van der Waals surface area contributed by atoms with Crippen molar-refractivity contribution in [2.75, 3.05) is 22.7 Å². The molecule has 0 saturated heterocycles. The van der Waals surface area contributed by atoms with Gasteiger partial charge in [0, 0.05) is 11.6 Å². The first kappa shape index (κ1) is 25.3. The fourth-order valence-electron chi connectivity index (χ4n) is 3.36. The highest BCUT2D eigenvalue weighted by atomic mass is 35.5. The fourth-order valence-corrected chi connectivity index (χ4v) is 5.10. The van der Waals surface area contributed by atoms with Crippen LogP contribution >= 0.6 is 11.6 Å². The zero-order chi connectivity index (χ0) is 24.7. The fraction of sp³-hybridized carbons (Fsp3) is 0.200. The molecule has 0 heterocycles. The summed E-state index contributed by atoms with van der Waals surface area (Å²) >= 11 is 6.06. The van der Waals surface area contributed by atoms with E-state index in [2.05, 4.69) is 10.6 Å². The predicted molar refractivity (Wildman–Crippen MR) is 135 cm³/mol. The second kappa shape index (κ2) is 11.2. The lowest BCUT2D eigenvalue weighted by molar-refractivity contribution is -0.114. The molecule has 0 aliphatic heterocycles. The summed E-state index contributed by atoms with van der Waals surface area (Å²) in [4.78, 5) is 25.6. The standard InChI is InChI=1S/C25H26ClN3O4S/c1-3-15-27-25(31)21-11-7-8-12-22(21)28-24(30)17-29(23-14-13-19(26)16-18(23)2)34(32,33)20-9-5-4-6-10-20/h4-14,16H,3,15,17H2,1-2H3,(H,27,31)(H,28,30). The van der Waals surface area contributed by atoms with Crippen LogP contribution in [0.15, 0.2) is 77.7 Å². The number of anilines is 2. The van der Waals surface area contributed by atoms with Gasteiger partial charge in [0.1, 0.15) is 6.54 Å². The van der Waals surface area contributed by atoms with Crippen LogP contribution in [0.5, 0.6) is 0 Å². The molecule has 0 radical (unpaired) electrons. The van der Waals surface area contributed by atoms with Gasteiger partial charge in [-0.25, -0.2) is 8.42 Å². The van der Waals surface area contributed by atoms with Gasteiger partial charge in [0.05, 0.1) is 21.8 Å². The zero-order valence-electron chi connectivity index (χ0n) is 18.9. The van der Waals surface area contributed by atoms with Crippen LogP contribution < -0.4 is 14.9 Å². The van der Waals surface area contributed by atoms with Crippen LogP contribution in [0.3, 0.4) is 0 Å². The molecule has 9 heteroatoms.